The molecule has 0 unspecified atom stereocenters. The number of carbonyl (C=O) groups is 2. The van der Waals surface area contributed by atoms with Gasteiger partial charge in [-0.1, -0.05) is 24.3 Å². The van der Waals surface area contributed by atoms with E-state index in [1.807, 2.05) is 6.07 Å². The van der Waals surface area contributed by atoms with Crippen LogP contribution in [-0.2, 0) is 27.4 Å². The standard InChI is InChI=1S/C20H18FNO5/c1-25-18-8-7-13(9-16(18)21)12-27-19(23)11-22-10-15(20(24)26-2)14-5-3-4-6-17(14)22/h3-10H,11-12H2,1-2H3. The van der Waals surface area contributed by atoms with Crippen LogP contribution in [0.25, 0.3) is 10.9 Å². The SMILES string of the molecule is COC(=O)c1cn(CC(=O)OCc2ccc(OC)c(F)c2)c2ccccc12. The normalized spacial score (nSPS) is 10.6. The molecule has 0 N–H and O–H groups in total. The summed E-state index contributed by atoms with van der Waals surface area (Å²) < 4.78 is 30.2. The van der Waals surface area contributed by atoms with E-state index >= 15 is 0 Å². The number of aromatic nitrogens is 1. The molecule has 140 valence electrons. The van der Waals surface area contributed by atoms with Crippen LogP contribution >= 0.6 is 0 Å². The molecule has 7 heteroatoms. The van der Waals surface area contributed by atoms with Crippen LogP contribution in [0.1, 0.15) is 15.9 Å². The minimum Gasteiger partial charge on any atom is -0.494 e. The molecule has 0 atom stereocenters. The van der Waals surface area contributed by atoms with Gasteiger partial charge >= 0.3 is 11.9 Å². The molecule has 0 radical (unpaired) electrons. The summed E-state index contributed by atoms with van der Waals surface area (Å²) in [6.07, 6.45) is 1.56. The first kappa shape index (κ1) is 18.4. The van der Waals surface area contributed by atoms with Gasteiger partial charge in [0.25, 0.3) is 0 Å². The Morgan fingerprint density at radius 1 is 1.11 bits per heavy atom. The molecule has 0 amide bonds. The van der Waals surface area contributed by atoms with Gasteiger partial charge < -0.3 is 18.8 Å². The smallest absolute Gasteiger partial charge is 0.340 e. The van der Waals surface area contributed by atoms with Gasteiger partial charge in [-0.2, -0.15) is 0 Å². The first-order valence-corrected chi connectivity index (χ1v) is 8.17. The lowest BCUT2D eigenvalue weighted by atomic mass is 10.2. The number of hydrogen-bond donors (Lipinski definition) is 0. The van der Waals surface area contributed by atoms with E-state index in [1.54, 1.807) is 35.0 Å². The van der Waals surface area contributed by atoms with Crippen LogP contribution in [0.15, 0.2) is 48.7 Å². The highest BCUT2D eigenvalue weighted by molar-refractivity contribution is 6.04. The molecule has 1 aromatic heterocycles. The molecule has 0 saturated carbocycles. The second-order valence-corrected chi connectivity index (χ2v) is 5.81. The maximum atomic E-state index is 13.7. The quantitative estimate of drug-likeness (QED) is 0.622. The zero-order valence-electron chi connectivity index (χ0n) is 14.9. The maximum Gasteiger partial charge on any atom is 0.340 e. The Bertz CT molecular complexity index is 995. The van der Waals surface area contributed by atoms with Crippen LogP contribution in [0.5, 0.6) is 5.75 Å². The topological polar surface area (TPSA) is 66.8 Å². The molecule has 1 heterocycles. The molecule has 27 heavy (non-hydrogen) atoms. The van der Waals surface area contributed by atoms with Crippen molar-refractivity contribution < 1.29 is 28.2 Å². The summed E-state index contributed by atoms with van der Waals surface area (Å²) in [6, 6.07) is 11.5. The zero-order chi connectivity index (χ0) is 19.4. The summed E-state index contributed by atoms with van der Waals surface area (Å²) in [5.74, 6) is -1.39. The van der Waals surface area contributed by atoms with Gasteiger partial charge in [-0.05, 0) is 23.8 Å². The lowest BCUT2D eigenvalue weighted by molar-refractivity contribution is -0.145. The number of ether oxygens (including phenoxy) is 3. The number of methoxy groups -OCH3 is 2. The van der Waals surface area contributed by atoms with Crippen molar-refractivity contribution in [2.75, 3.05) is 14.2 Å². The van der Waals surface area contributed by atoms with E-state index in [4.69, 9.17) is 14.2 Å². The fraction of sp³-hybridized carbons (Fsp3) is 0.200. The summed E-state index contributed by atoms with van der Waals surface area (Å²) in [4.78, 5) is 24.1. The van der Waals surface area contributed by atoms with Gasteiger partial charge in [0, 0.05) is 17.1 Å². The largest absolute Gasteiger partial charge is 0.494 e. The zero-order valence-corrected chi connectivity index (χ0v) is 14.9. The molecular formula is C20H18FNO5. The molecule has 3 rings (SSSR count). The minimum atomic E-state index is -0.523. The number of halogens is 1. The number of nitrogens with zero attached hydrogens (tertiary/aromatic N) is 1. The molecule has 0 aliphatic rings. The Labute approximate surface area is 155 Å². The van der Waals surface area contributed by atoms with Crippen LogP contribution in [-0.4, -0.2) is 30.7 Å². The van der Waals surface area contributed by atoms with E-state index < -0.39 is 17.8 Å². The van der Waals surface area contributed by atoms with E-state index in [0.717, 1.165) is 0 Å². The summed E-state index contributed by atoms with van der Waals surface area (Å²) in [7, 11) is 2.68. The highest BCUT2D eigenvalue weighted by Gasteiger charge is 2.17. The molecular weight excluding hydrogens is 353 g/mol. The average molecular weight is 371 g/mol. The number of carbonyl (C=O) groups excluding carboxylic acids is 2. The van der Waals surface area contributed by atoms with E-state index in [9.17, 15) is 14.0 Å². The number of benzene rings is 2. The molecule has 0 saturated heterocycles. The van der Waals surface area contributed by atoms with Gasteiger partial charge in [-0.15, -0.1) is 0 Å². The van der Waals surface area contributed by atoms with Crippen molar-refractivity contribution in [1.82, 2.24) is 4.57 Å². The fourth-order valence-electron chi connectivity index (χ4n) is 2.80. The van der Waals surface area contributed by atoms with Crippen molar-refractivity contribution in [2.24, 2.45) is 0 Å². The second-order valence-electron chi connectivity index (χ2n) is 5.81. The van der Waals surface area contributed by atoms with Crippen molar-refractivity contribution in [2.45, 2.75) is 13.2 Å². The Morgan fingerprint density at radius 3 is 2.59 bits per heavy atom. The fourth-order valence-corrected chi connectivity index (χ4v) is 2.80. The maximum absolute atomic E-state index is 13.7. The van der Waals surface area contributed by atoms with E-state index in [2.05, 4.69) is 0 Å². The summed E-state index contributed by atoms with van der Waals surface area (Å²) in [5, 5.41) is 0.689. The monoisotopic (exact) mass is 371 g/mol. The van der Waals surface area contributed by atoms with Crippen molar-refractivity contribution in [1.29, 1.82) is 0 Å². The predicted molar refractivity (Wildman–Crippen MR) is 96.0 cm³/mol. The summed E-state index contributed by atoms with van der Waals surface area (Å²) in [5.41, 5.74) is 1.60. The van der Waals surface area contributed by atoms with Gasteiger partial charge in [0.05, 0.1) is 19.8 Å². The van der Waals surface area contributed by atoms with Crippen molar-refractivity contribution in [3.8, 4) is 5.75 Å². The van der Waals surface area contributed by atoms with Crippen LogP contribution < -0.4 is 4.74 Å². The molecule has 0 spiro atoms. The van der Waals surface area contributed by atoms with Crippen molar-refractivity contribution >= 4 is 22.8 Å². The van der Waals surface area contributed by atoms with Gasteiger partial charge in [-0.3, -0.25) is 4.79 Å². The molecule has 0 aliphatic carbocycles. The second kappa shape index (κ2) is 7.90. The van der Waals surface area contributed by atoms with Gasteiger partial charge in [-0.25, -0.2) is 9.18 Å². The van der Waals surface area contributed by atoms with Gasteiger partial charge in [0.15, 0.2) is 11.6 Å². The average Bonchev–Trinajstić information content (AvgIpc) is 3.04. The summed E-state index contributed by atoms with van der Waals surface area (Å²) >= 11 is 0. The molecule has 3 aromatic rings. The lowest BCUT2D eigenvalue weighted by Gasteiger charge is -2.08. The van der Waals surface area contributed by atoms with Gasteiger partial charge in [0.1, 0.15) is 13.2 Å². The lowest BCUT2D eigenvalue weighted by Crippen LogP contribution is -2.13. The highest BCUT2D eigenvalue weighted by Crippen LogP contribution is 2.22. The molecule has 2 aromatic carbocycles. The molecule has 6 nitrogen and oxygen atoms in total. The summed E-state index contributed by atoms with van der Waals surface area (Å²) in [6.45, 7) is -0.154. The third kappa shape index (κ3) is 3.92. The van der Waals surface area contributed by atoms with Crippen LogP contribution in [0.3, 0.4) is 0 Å². The third-order valence-electron chi connectivity index (χ3n) is 4.11. The molecule has 0 bridgehead atoms. The van der Waals surface area contributed by atoms with Crippen molar-refractivity contribution in [3.05, 3.63) is 65.6 Å². The number of fused-ring (bicyclic) bond motifs is 1. The predicted octanol–water partition coefficient (Wildman–Crippen LogP) is 3.32. The Hall–Kier alpha value is -3.35. The van der Waals surface area contributed by atoms with E-state index in [0.29, 0.717) is 22.0 Å². The highest BCUT2D eigenvalue weighted by atomic mass is 19.1. The molecule has 0 aliphatic heterocycles. The number of hydrogen-bond acceptors (Lipinski definition) is 5. The van der Waals surface area contributed by atoms with Crippen LogP contribution in [0, 0.1) is 5.82 Å². The first-order chi connectivity index (χ1) is 13.0. The Balaban J connectivity index is 1.73. The van der Waals surface area contributed by atoms with Crippen molar-refractivity contribution in [3.63, 3.8) is 0 Å². The molecule has 0 fully saturated rings. The first-order valence-electron chi connectivity index (χ1n) is 8.17. The Morgan fingerprint density at radius 2 is 1.89 bits per heavy atom. The third-order valence-corrected chi connectivity index (χ3v) is 4.11. The minimum absolute atomic E-state index is 0.0667. The van der Waals surface area contributed by atoms with Crippen LogP contribution in [0.4, 0.5) is 4.39 Å². The number of esters is 2. The van der Waals surface area contributed by atoms with Gasteiger partial charge in [0.2, 0.25) is 0 Å². The number of rotatable bonds is 6. The Kier molecular flexibility index (Phi) is 5.40. The van der Waals surface area contributed by atoms with Crippen LogP contribution in [0.2, 0.25) is 0 Å². The van der Waals surface area contributed by atoms with E-state index in [-0.39, 0.29) is 18.9 Å². The number of para-hydroxylation sites is 1. The van der Waals surface area contributed by atoms with E-state index in [1.165, 1.54) is 26.4 Å².